The van der Waals surface area contributed by atoms with Crippen LogP contribution in [0.3, 0.4) is 0 Å². The number of hydrogen-bond donors (Lipinski definition) is 1. The second-order valence-electron chi connectivity index (χ2n) is 3.64. The lowest BCUT2D eigenvalue weighted by Crippen LogP contribution is -2.08. The maximum absolute atomic E-state index is 5.68. The summed E-state index contributed by atoms with van der Waals surface area (Å²) >= 11 is 0. The van der Waals surface area contributed by atoms with Crippen LogP contribution in [0, 0.1) is 0 Å². The van der Waals surface area contributed by atoms with Gasteiger partial charge in [-0.05, 0) is 18.6 Å². The van der Waals surface area contributed by atoms with Crippen molar-refractivity contribution in [3.05, 3.63) is 42.2 Å². The van der Waals surface area contributed by atoms with Gasteiger partial charge in [0.05, 0.1) is 11.4 Å². The number of aryl methyl sites for hydroxylation is 1. The van der Waals surface area contributed by atoms with Crippen molar-refractivity contribution in [2.45, 2.75) is 26.3 Å². The molecule has 0 aliphatic carbocycles. The van der Waals surface area contributed by atoms with Crippen molar-refractivity contribution < 1.29 is 0 Å². The van der Waals surface area contributed by atoms with Gasteiger partial charge in [0.15, 0.2) is 0 Å². The molecule has 4 nitrogen and oxygen atoms in total. The van der Waals surface area contributed by atoms with Crippen molar-refractivity contribution in [2.75, 3.05) is 0 Å². The van der Waals surface area contributed by atoms with Crippen molar-refractivity contribution in [1.29, 1.82) is 0 Å². The first-order chi connectivity index (χ1) is 7.86. The third kappa shape index (κ3) is 1.97. The Labute approximate surface area is 95.1 Å². The highest BCUT2D eigenvalue weighted by molar-refractivity contribution is 5.37. The first-order valence-electron chi connectivity index (χ1n) is 5.53. The molecule has 0 bridgehead atoms. The van der Waals surface area contributed by atoms with Crippen LogP contribution in [0.4, 0.5) is 0 Å². The largest absolute Gasteiger partial charge is 0.325 e. The Kier molecular flexibility index (Phi) is 3.31. The molecule has 0 unspecified atom stereocenters. The van der Waals surface area contributed by atoms with Crippen molar-refractivity contribution in [2.24, 2.45) is 5.73 Å². The van der Waals surface area contributed by atoms with Gasteiger partial charge in [-0.15, -0.1) is 0 Å². The molecule has 0 aliphatic heterocycles. The molecule has 0 aromatic carbocycles. The zero-order chi connectivity index (χ0) is 11.4. The van der Waals surface area contributed by atoms with Gasteiger partial charge in [-0.25, -0.2) is 4.98 Å². The normalized spacial score (nSPS) is 10.6. The van der Waals surface area contributed by atoms with Crippen LogP contribution >= 0.6 is 0 Å². The van der Waals surface area contributed by atoms with Gasteiger partial charge < -0.3 is 10.3 Å². The Balaban J connectivity index is 2.45. The summed E-state index contributed by atoms with van der Waals surface area (Å²) in [6.45, 7) is 2.59. The van der Waals surface area contributed by atoms with E-state index >= 15 is 0 Å². The van der Waals surface area contributed by atoms with Crippen LogP contribution in [0.1, 0.15) is 24.9 Å². The lowest BCUT2D eigenvalue weighted by molar-refractivity contribution is 0.797. The van der Waals surface area contributed by atoms with Gasteiger partial charge in [-0.3, -0.25) is 4.98 Å². The molecule has 0 spiro atoms. The van der Waals surface area contributed by atoms with Crippen LogP contribution in [0.15, 0.2) is 30.7 Å². The Hall–Kier alpha value is -1.68. The van der Waals surface area contributed by atoms with Crippen LogP contribution in [-0.4, -0.2) is 14.5 Å². The molecule has 2 heterocycles. The first-order valence-corrected chi connectivity index (χ1v) is 5.53. The Morgan fingerprint density at radius 2 is 2.19 bits per heavy atom. The minimum absolute atomic E-state index is 0.444. The van der Waals surface area contributed by atoms with Gasteiger partial charge in [0.1, 0.15) is 5.82 Å². The molecule has 0 atom stereocenters. The summed E-state index contributed by atoms with van der Waals surface area (Å²) in [5, 5.41) is 0. The summed E-state index contributed by atoms with van der Waals surface area (Å²) in [7, 11) is 0. The molecule has 16 heavy (non-hydrogen) atoms. The summed E-state index contributed by atoms with van der Waals surface area (Å²) in [6.07, 6.45) is 7.59. The molecule has 2 aromatic rings. The van der Waals surface area contributed by atoms with Gasteiger partial charge >= 0.3 is 0 Å². The van der Waals surface area contributed by atoms with Crippen molar-refractivity contribution in [1.82, 2.24) is 14.5 Å². The summed E-state index contributed by atoms with van der Waals surface area (Å²) in [5.41, 5.74) is 7.62. The van der Waals surface area contributed by atoms with E-state index in [2.05, 4.69) is 21.5 Å². The third-order valence-electron chi connectivity index (χ3n) is 2.51. The molecule has 0 saturated carbocycles. The predicted octanol–water partition coefficient (Wildman–Crippen LogP) is 1.68. The minimum atomic E-state index is 0.444. The van der Waals surface area contributed by atoms with Gasteiger partial charge in [0, 0.05) is 31.6 Å². The van der Waals surface area contributed by atoms with Crippen LogP contribution in [-0.2, 0) is 13.0 Å². The smallest absolute Gasteiger partial charge is 0.113 e. The first kappa shape index (κ1) is 10.8. The van der Waals surface area contributed by atoms with E-state index < -0.39 is 0 Å². The maximum atomic E-state index is 5.68. The number of pyridine rings is 1. The summed E-state index contributed by atoms with van der Waals surface area (Å²) in [5.74, 6) is 1.06. The average molecular weight is 216 g/mol. The van der Waals surface area contributed by atoms with Crippen molar-refractivity contribution in [3.8, 4) is 5.69 Å². The van der Waals surface area contributed by atoms with E-state index in [0.29, 0.717) is 6.54 Å². The Bertz CT molecular complexity index is 462. The van der Waals surface area contributed by atoms with E-state index in [1.165, 1.54) is 0 Å². The number of hydrogen-bond acceptors (Lipinski definition) is 3. The fraction of sp³-hybridized carbons (Fsp3) is 0.333. The van der Waals surface area contributed by atoms with E-state index in [1.54, 1.807) is 6.20 Å². The molecule has 0 radical (unpaired) electrons. The highest BCUT2D eigenvalue weighted by atomic mass is 15.1. The Morgan fingerprint density at radius 1 is 1.31 bits per heavy atom. The fourth-order valence-corrected chi connectivity index (χ4v) is 1.77. The lowest BCUT2D eigenvalue weighted by Gasteiger charge is -2.10. The van der Waals surface area contributed by atoms with Gasteiger partial charge in [-0.1, -0.05) is 6.92 Å². The highest BCUT2D eigenvalue weighted by Gasteiger charge is 2.07. The zero-order valence-electron chi connectivity index (χ0n) is 9.43. The Morgan fingerprint density at radius 3 is 2.94 bits per heavy atom. The molecule has 0 fully saturated rings. The monoisotopic (exact) mass is 216 g/mol. The second-order valence-corrected chi connectivity index (χ2v) is 3.64. The number of nitrogens with two attached hydrogens (primary N) is 1. The summed E-state index contributed by atoms with van der Waals surface area (Å²) < 4.78 is 2.07. The van der Waals surface area contributed by atoms with E-state index in [1.807, 2.05) is 24.5 Å². The average Bonchev–Trinajstić information content (AvgIpc) is 2.77. The standard InChI is InChI=1S/C12H16N4/c1-2-4-12-15-7-8-16(12)11-5-3-6-14-10(11)9-13/h3,5-8H,2,4,9,13H2,1H3. The number of rotatable bonds is 4. The fourth-order valence-electron chi connectivity index (χ4n) is 1.77. The van der Waals surface area contributed by atoms with E-state index in [4.69, 9.17) is 5.73 Å². The van der Waals surface area contributed by atoms with Gasteiger partial charge in [0.2, 0.25) is 0 Å². The van der Waals surface area contributed by atoms with Crippen LogP contribution < -0.4 is 5.73 Å². The van der Waals surface area contributed by atoms with Crippen molar-refractivity contribution >= 4 is 0 Å². The summed E-state index contributed by atoms with van der Waals surface area (Å²) in [4.78, 5) is 8.63. The quantitative estimate of drug-likeness (QED) is 0.846. The molecular weight excluding hydrogens is 200 g/mol. The molecule has 84 valence electrons. The molecule has 2 N–H and O–H groups in total. The number of nitrogens with zero attached hydrogens (tertiary/aromatic N) is 3. The van der Waals surface area contributed by atoms with E-state index in [0.717, 1.165) is 30.0 Å². The SMILES string of the molecule is CCCc1nccn1-c1cccnc1CN. The van der Waals surface area contributed by atoms with Crippen LogP contribution in [0.5, 0.6) is 0 Å². The zero-order valence-corrected chi connectivity index (χ0v) is 9.43. The van der Waals surface area contributed by atoms with Gasteiger partial charge in [-0.2, -0.15) is 0 Å². The summed E-state index contributed by atoms with van der Waals surface area (Å²) in [6, 6.07) is 3.94. The molecule has 2 aromatic heterocycles. The number of imidazole rings is 1. The van der Waals surface area contributed by atoms with Crippen LogP contribution in [0.25, 0.3) is 5.69 Å². The van der Waals surface area contributed by atoms with Crippen molar-refractivity contribution in [3.63, 3.8) is 0 Å². The molecular formula is C12H16N4. The van der Waals surface area contributed by atoms with Gasteiger partial charge in [0.25, 0.3) is 0 Å². The maximum Gasteiger partial charge on any atom is 0.113 e. The molecule has 0 aliphatic rings. The molecule has 0 saturated heterocycles. The molecule has 4 heteroatoms. The highest BCUT2D eigenvalue weighted by Crippen LogP contribution is 2.14. The van der Waals surface area contributed by atoms with E-state index in [9.17, 15) is 0 Å². The second kappa shape index (κ2) is 4.90. The minimum Gasteiger partial charge on any atom is -0.325 e. The lowest BCUT2D eigenvalue weighted by atomic mass is 10.2. The molecule has 0 amide bonds. The van der Waals surface area contributed by atoms with Crippen LogP contribution in [0.2, 0.25) is 0 Å². The molecule has 2 rings (SSSR count). The third-order valence-corrected chi connectivity index (χ3v) is 2.51. The number of aromatic nitrogens is 3. The topological polar surface area (TPSA) is 56.7 Å². The predicted molar refractivity (Wildman–Crippen MR) is 63.2 cm³/mol. The van der Waals surface area contributed by atoms with E-state index in [-0.39, 0.29) is 0 Å².